The fraction of sp³-hybridized carbons (Fsp3) is 0.273. The van der Waals surface area contributed by atoms with Crippen LogP contribution in [0, 0.1) is 10.1 Å². The molecule has 104 valence electrons. The lowest BCUT2D eigenvalue weighted by atomic mass is 10.2. The van der Waals surface area contributed by atoms with Gasteiger partial charge in [0.05, 0.1) is 6.20 Å². The van der Waals surface area contributed by atoms with E-state index in [0.717, 1.165) is 12.5 Å². The van der Waals surface area contributed by atoms with Crippen LogP contribution in [0.2, 0.25) is 0 Å². The van der Waals surface area contributed by atoms with Crippen molar-refractivity contribution in [3.05, 3.63) is 40.4 Å². The van der Waals surface area contributed by atoms with Gasteiger partial charge in [0.2, 0.25) is 6.33 Å². The Balaban J connectivity index is 2.54. The van der Waals surface area contributed by atoms with E-state index in [1.807, 2.05) is 13.8 Å². The van der Waals surface area contributed by atoms with Gasteiger partial charge in [-0.2, -0.15) is 0 Å². The third-order valence-electron chi connectivity index (χ3n) is 2.54. The van der Waals surface area contributed by atoms with Gasteiger partial charge in [-0.05, 0) is 9.91 Å². The molecule has 0 amide bonds. The summed E-state index contributed by atoms with van der Waals surface area (Å²) in [5.74, 6) is -1.25. The van der Waals surface area contributed by atoms with Gasteiger partial charge in [0.15, 0.2) is 5.69 Å². The van der Waals surface area contributed by atoms with Gasteiger partial charge in [0.25, 0.3) is 0 Å². The van der Waals surface area contributed by atoms with Crippen molar-refractivity contribution in [2.24, 2.45) is 0 Å². The maximum Gasteiger partial charge on any atom is 0.381 e. The van der Waals surface area contributed by atoms with E-state index >= 15 is 0 Å². The normalized spacial score (nSPS) is 10.8. The van der Waals surface area contributed by atoms with Crippen LogP contribution >= 0.6 is 0 Å². The zero-order valence-electron chi connectivity index (χ0n) is 10.7. The highest BCUT2D eigenvalue weighted by Gasteiger charge is 2.19. The summed E-state index contributed by atoms with van der Waals surface area (Å²) in [5, 5.41) is 19.8. The molecule has 2 aromatic rings. The molecule has 0 bridgehead atoms. The van der Waals surface area contributed by atoms with Crippen LogP contribution in [0.1, 0.15) is 36.1 Å². The van der Waals surface area contributed by atoms with Crippen molar-refractivity contribution in [2.75, 3.05) is 0 Å². The first-order valence-electron chi connectivity index (χ1n) is 5.69. The topological polar surface area (TPSA) is 124 Å². The van der Waals surface area contributed by atoms with Gasteiger partial charge >= 0.3 is 11.8 Å². The zero-order valence-corrected chi connectivity index (χ0v) is 10.7. The number of hydrogen-bond donors (Lipinski definition) is 1. The van der Waals surface area contributed by atoms with Crippen molar-refractivity contribution in [1.29, 1.82) is 0 Å². The quantitative estimate of drug-likeness (QED) is 0.661. The number of carboxylic acid groups (broad SMARTS) is 1. The van der Waals surface area contributed by atoms with E-state index in [9.17, 15) is 20.0 Å². The van der Waals surface area contributed by atoms with Gasteiger partial charge < -0.3 is 15.2 Å². The summed E-state index contributed by atoms with van der Waals surface area (Å²) in [6.07, 6.45) is 3.58. The second kappa shape index (κ2) is 5.03. The number of hydrogen-bond acceptors (Lipinski definition) is 6. The minimum Gasteiger partial charge on any atom is -0.476 e. The van der Waals surface area contributed by atoms with Gasteiger partial charge in [-0.25, -0.2) is 14.8 Å². The fourth-order valence-corrected chi connectivity index (χ4v) is 1.55. The summed E-state index contributed by atoms with van der Waals surface area (Å²) in [4.78, 5) is 32.8. The number of aromatic nitrogens is 4. The van der Waals surface area contributed by atoms with E-state index in [2.05, 4.69) is 15.0 Å². The average Bonchev–Trinajstić information content (AvgIpc) is 2.87. The maximum atomic E-state index is 11.3. The number of aromatic carboxylic acids is 1. The van der Waals surface area contributed by atoms with E-state index in [-0.39, 0.29) is 23.1 Å². The van der Waals surface area contributed by atoms with E-state index in [4.69, 9.17) is 0 Å². The van der Waals surface area contributed by atoms with E-state index in [0.29, 0.717) is 5.82 Å². The Morgan fingerprint density at radius 3 is 2.65 bits per heavy atom. The van der Waals surface area contributed by atoms with Gasteiger partial charge in [0, 0.05) is 5.92 Å². The van der Waals surface area contributed by atoms with Crippen molar-refractivity contribution in [1.82, 2.24) is 19.5 Å². The molecule has 0 radical (unpaired) electrons. The minimum absolute atomic E-state index is 0.0285. The molecule has 9 heteroatoms. The molecule has 2 rings (SSSR count). The molecule has 2 heterocycles. The van der Waals surface area contributed by atoms with Crippen LogP contribution in [0.3, 0.4) is 0 Å². The molecule has 0 fully saturated rings. The fourth-order valence-electron chi connectivity index (χ4n) is 1.55. The molecule has 9 nitrogen and oxygen atoms in total. The van der Waals surface area contributed by atoms with Crippen LogP contribution in [-0.4, -0.2) is 35.5 Å². The number of imidazole rings is 1. The molecule has 0 saturated carbocycles. The van der Waals surface area contributed by atoms with Gasteiger partial charge in [0.1, 0.15) is 17.7 Å². The molecule has 20 heavy (non-hydrogen) atoms. The molecule has 0 aliphatic heterocycles. The first-order chi connectivity index (χ1) is 9.40. The van der Waals surface area contributed by atoms with Gasteiger partial charge in [-0.1, -0.05) is 13.8 Å². The average molecular weight is 277 g/mol. The van der Waals surface area contributed by atoms with Crippen LogP contribution in [0.25, 0.3) is 5.69 Å². The lowest BCUT2D eigenvalue weighted by Crippen LogP contribution is -2.11. The zero-order chi connectivity index (χ0) is 14.9. The van der Waals surface area contributed by atoms with Crippen LogP contribution < -0.4 is 0 Å². The Morgan fingerprint density at radius 2 is 2.15 bits per heavy atom. The molecular formula is C11H11N5O4. The second-order valence-corrected chi connectivity index (χ2v) is 4.32. The summed E-state index contributed by atoms with van der Waals surface area (Å²) < 4.78 is 1.21. The predicted octanol–water partition coefficient (Wildman–Crippen LogP) is 1.39. The third kappa shape index (κ3) is 2.46. The van der Waals surface area contributed by atoms with E-state index < -0.39 is 10.9 Å². The second-order valence-electron chi connectivity index (χ2n) is 4.32. The summed E-state index contributed by atoms with van der Waals surface area (Å²) in [6, 6.07) is 0. The minimum atomic E-state index is -1.24. The Kier molecular flexibility index (Phi) is 3.42. The van der Waals surface area contributed by atoms with Crippen molar-refractivity contribution >= 4 is 11.8 Å². The number of nitro groups is 1. The molecule has 0 aliphatic carbocycles. The smallest absolute Gasteiger partial charge is 0.381 e. The number of nitrogens with zero attached hydrogens (tertiary/aromatic N) is 5. The summed E-state index contributed by atoms with van der Waals surface area (Å²) in [7, 11) is 0. The lowest BCUT2D eigenvalue weighted by Gasteiger charge is -2.08. The largest absolute Gasteiger partial charge is 0.476 e. The van der Waals surface area contributed by atoms with E-state index in [1.54, 1.807) is 0 Å². The molecule has 0 aliphatic rings. The van der Waals surface area contributed by atoms with Crippen molar-refractivity contribution in [3.63, 3.8) is 0 Å². The molecule has 0 unspecified atom stereocenters. The van der Waals surface area contributed by atoms with Crippen LogP contribution in [-0.2, 0) is 0 Å². The SMILES string of the molecule is CC(C)c1ncc(-n2cnc([N+](=O)[O-])c2)c(C(=O)O)n1. The molecule has 0 spiro atoms. The first-order valence-corrected chi connectivity index (χ1v) is 5.69. The number of carboxylic acids is 1. The highest BCUT2D eigenvalue weighted by molar-refractivity contribution is 5.89. The highest BCUT2D eigenvalue weighted by atomic mass is 16.6. The monoisotopic (exact) mass is 277 g/mol. The first kappa shape index (κ1) is 13.6. The Bertz CT molecular complexity index is 679. The Morgan fingerprint density at radius 1 is 1.45 bits per heavy atom. The molecule has 1 N–H and O–H groups in total. The standard InChI is InChI=1S/C11H11N5O4/c1-6(2)10-12-3-7(9(14-10)11(17)18)15-4-8(13-5-15)16(19)20/h3-6H,1-2H3,(H,17,18). The summed E-state index contributed by atoms with van der Waals surface area (Å²) >= 11 is 0. The third-order valence-corrected chi connectivity index (χ3v) is 2.54. The molecule has 0 saturated heterocycles. The Labute approximate surface area is 113 Å². The van der Waals surface area contributed by atoms with Crippen molar-refractivity contribution in [3.8, 4) is 5.69 Å². The summed E-state index contributed by atoms with van der Waals surface area (Å²) in [6.45, 7) is 3.67. The molecule has 2 aromatic heterocycles. The molecule has 0 aromatic carbocycles. The molecule has 0 atom stereocenters. The van der Waals surface area contributed by atoms with E-state index in [1.165, 1.54) is 10.8 Å². The van der Waals surface area contributed by atoms with Gasteiger partial charge in [-0.15, -0.1) is 0 Å². The van der Waals surface area contributed by atoms with Crippen LogP contribution in [0.5, 0.6) is 0 Å². The van der Waals surface area contributed by atoms with Gasteiger partial charge in [-0.3, -0.25) is 4.57 Å². The highest BCUT2D eigenvalue weighted by Crippen LogP contribution is 2.18. The predicted molar refractivity (Wildman–Crippen MR) is 66.9 cm³/mol. The van der Waals surface area contributed by atoms with Crippen molar-refractivity contribution < 1.29 is 14.8 Å². The summed E-state index contributed by atoms with van der Waals surface area (Å²) in [5.41, 5.74) is -0.0986. The van der Waals surface area contributed by atoms with Crippen molar-refractivity contribution in [2.45, 2.75) is 19.8 Å². The number of rotatable bonds is 4. The van der Waals surface area contributed by atoms with Crippen LogP contribution in [0.15, 0.2) is 18.7 Å². The van der Waals surface area contributed by atoms with Crippen LogP contribution in [0.4, 0.5) is 5.82 Å². The number of carbonyl (C=O) groups is 1. The molecular weight excluding hydrogens is 266 g/mol. The lowest BCUT2D eigenvalue weighted by molar-refractivity contribution is -0.389. The Hall–Kier alpha value is -2.84. The maximum absolute atomic E-state index is 11.3.